The second-order valence-corrected chi connectivity index (χ2v) is 12.6. The number of rotatable bonds is 6. The Morgan fingerprint density at radius 2 is 1.93 bits per heavy atom. The van der Waals surface area contributed by atoms with E-state index in [0.29, 0.717) is 48.2 Å². The summed E-state index contributed by atoms with van der Waals surface area (Å²) in [5.41, 5.74) is 1.17. The Morgan fingerprint density at radius 3 is 2.68 bits per heavy atom. The van der Waals surface area contributed by atoms with E-state index in [9.17, 15) is 9.59 Å². The summed E-state index contributed by atoms with van der Waals surface area (Å²) >= 11 is 3.46. The molecule has 3 aromatic rings. The number of hydrogen-bond acceptors (Lipinski definition) is 8. The molecule has 2 saturated heterocycles. The summed E-state index contributed by atoms with van der Waals surface area (Å²) in [6, 6.07) is 13.8. The van der Waals surface area contributed by atoms with Crippen LogP contribution in [0, 0.1) is 0 Å². The van der Waals surface area contributed by atoms with E-state index in [4.69, 9.17) is 14.2 Å². The molecule has 0 radical (unpaired) electrons. The minimum atomic E-state index is -0.532. The molecule has 4 heterocycles. The van der Waals surface area contributed by atoms with Crippen molar-refractivity contribution < 1.29 is 19.0 Å². The number of likely N-dealkylation sites (N-methyl/N-ethyl adjacent to an activating group) is 1. The third kappa shape index (κ3) is 7.38. The molecule has 3 atom stereocenters. The summed E-state index contributed by atoms with van der Waals surface area (Å²) in [5.74, 6) is 1.64. The number of hydrogen-bond donors (Lipinski definition) is 1. The molecule has 1 N–H and O–H groups in total. The fourth-order valence-electron chi connectivity index (χ4n) is 5.36. The van der Waals surface area contributed by atoms with Gasteiger partial charge in [-0.3, -0.25) is 9.20 Å². The first kappa shape index (κ1) is 29.3. The first-order valence-electron chi connectivity index (χ1n) is 14.0. The van der Waals surface area contributed by atoms with Crippen LogP contribution in [0.5, 0.6) is 5.75 Å². The first-order valence-corrected chi connectivity index (χ1v) is 14.8. The summed E-state index contributed by atoms with van der Waals surface area (Å²) < 4.78 is 19.3. The number of carbonyl (C=O) groups excluding carboxylic acids is 1. The van der Waals surface area contributed by atoms with E-state index >= 15 is 0 Å². The van der Waals surface area contributed by atoms with Crippen molar-refractivity contribution in [3.63, 3.8) is 0 Å². The smallest absolute Gasteiger partial charge is 0.410 e. The lowest BCUT2D eigenvalue weighted by Gasteiger charge is -2.36. The van der Waals surface area contributed by atoms with Crippen molar-refractivity contribution in [2.24, 2.45) is 0 Å². The van der Waals surface area contributed by atoms with Gasteiger partial charge >= 0.3 is 6.09 Å². The molecule has 41 heavy (non-hydrogen) atoms. The Balaban J connectivity index is 1.18. The highest BCUT2D eigenvalue weighted by molar-refractivity contribution is 9.10. The van der Waals surface area contributed by atoms with Crippen molar-refractivity contribution in [1.29, 1.82) is 0 Å². The normalized spacial score (nSPS) is 22.0. The van der Waals surface area contributed by atoms with Gasteiger partial charge in [-0.2, -0.15) is 0 Å². The average Bonchev–Trinajstić information content (AvgIpc) is 2.94. The highest BCUT2D eigenvalue weighted by atomic mass is 79.9. The van der Waals surface area contributed by atoms with Crippen molar-refractivity contribution >= 4 is 33.5 Å². The van der Waals surface area contributed by atoms with E-state index in [0.717, 1.165) is 25.3 Å². The molecule has 1 aromatic carbocycles. The molecule has 220 valence electrons. The molecule has 0 aliphatic carbocycles. The van der Waals surface area contributed by atoms with Gasteiger partial charge < -0.3 is 29.3 Å². The maximum absolute atomic E-state index is 12.8. The number of carbonyl (C=O) groups is 1. The molecular formula is C30H38BrN5O5. The fourth-order valence-corrected chi connectivity index (χ4v) is 5.75. The number of anilines is 1. The predicted octanol–water partition coefficient (Wildman–Crippen LogP) is 4.37. The number of morpholine rings is 1. The molecular weight excluding hydrogens is 590 g/mol. The summed E-state index contributed by atoms with van der Waals surface area (Å²) in [5, 5.41) is 3.52. The van der Waals surface area contributed by atoms with Crippen molar-refractivity contribution in [2.45, 2.75) is 50.9 Å². The molecule has 0 saturated carbocycles. The van der Waals surface area contributed by atoms with Crippen LogP contribution in [-0.4, -0.2) is 89.5 Å². The first-order chi connectivity index (χ1) is 19.6. The molecule has 3 unspecified atom stereocenters. The average molecular weight is 629 g/mol. The molecule has 2 aromatic heterocycles. The van der Waals surface area contributed by atoms with E-state index in [1.807, 2.05) is 51.1 Å². The zero-order valence-corrected chi connectivity index (χ0v) is 25.6. The van der Waals surface area contributed by atoms with Crippen LogP contribution >= 0.6 is 15.9 Å². The Morgan fingerprint density at radius 1 is 1.15 bits per heavy atom. The van der Waals surface area contributed by atoms with Crippen molar-refractivity contribution in [2.75, 3.05) is 51.8 Å². The summed E-state index contributed by atoms with van der Waals surface area (Å²) in [4.78, 5) is 33.9. The summed E-state index contributed by atoms with van der Waals surface area (Å²) in [7, 11) is 2.11. The number of halogens is 1. The van der Waals surface area contributed by atoms with Crippen LogP contribution in [0.1, 0.15) is 38.7 Å². The van der Waals surface area contributed by atoms with Gasteiger partial charge in [0.05, 0.1) is 13.2 Å². The van der Waals surface area contributed by atoms with Crippen LogP contribution in [0.25, 0.3) is 5.65 Å². The molecule has 11 heteroatoms. The second kappa shape index (κ2) is 12.4. The van der Waals surface area contributed by atoms with Crippen molar-refractivity contribution in [3.05, 3.63) is 69.1 Å². The van der Waals surface area contributed by atoms with Crippen LogP contribution in [0.15, 0.2) is 57.9 Å². The number of fused-ring (bicyclic) bond motifs is 1. The number of piperidine rings is 1. The maximum atomic E-state index is 12.8. The molecule has 5 rings (SSSR count). The fraction of sp³-hybridized carbons (Fsp3) is 0.500. The van der Waals surface area contributed by atoms with Gasteiger partial charge in [0.15, 0.2) is 0 Å². The van der Waals surface area contributed by atoms with Gasteiger partial charge in [0, 0.05) is 31.9 Å². The minimum absolute atomic E-state index is 0.125. The Kier molecular flexibility index (Phi) is 8.86. The van der Waals surface area contributed by atoms with E-state index in [1.54, 1.807) is 11.1 Å². The topological polar surface area (TPSA) is 97.6 Å². The van der Waals surface area contributed by atoms with Gasteiger partial charge in [-0.25, -0.2) is 9.78 Å². The molecule has 10 nitrogen and oxygen atoms in total. The van der Waals surface area contributed by atoms with E-state index in [-0.39, 0.29) is 23.8 Å². The number of benzene rings is 1. The zero-order chi connectivity index (χ0) is 29.1. The summed E-state index contributed by atoms with van der Waals surface area (Å²) in [6.07, 6.45) is 2.09. The monoisotopic (exact) mass is 627 g/mol. The number of ether oxygens (including phenoxy) is 3. The second-order valence-electron chi connectivity index (χ2n) is 11.8. The number of pyridine rings is 1. The van der Waals surface area contributed by atoms with Gasteiger partial charge in [-0.05, 0) is 85.9 Å². The number of likely N-dealkylation sites (tertiary alicyclic amines) is 1. The maximum Gasteiger partial charge on any atom is 0.410 e. The van der Waals surface area contributed by atoms with Gasteiger partial charge in [0.25, 0.3) is 5.56 Å². The highest BCUT2D eigenvalue weighted by Gasteiger charge is 2.29. The number of nitrogens with one attached hydrogen (secondary N) is 1. The van der Waals surface area contributed by atoms with E-state index in [1.165, 1.54) is 9.96 Å². The van der Waals surface area contributed by atoms with Crippen molar-refractivity contribution in [3.8, 4) is 5.75 Å². The lowest BCUT2D eigenvalue weighted by Crippen LogP contribution is -2.49. The number of amides is 1. The van der Waals surface area contributed by atoms with Crippen LogP contribution < -0.4 is 15.6 Å². The van der Waals surface area contributed by atoms with E-state index < -0.39 is 5.60 Å². The molecule has 0 spiro atoms. The third-order valence-corrected chi connectivity index (χ3v) is 7.95. The Hall–Kier alpha value is -3.15. The van der Waals surface area contributed by atoms with Crippen molar-refractivity contribution in [1.82, 2.24) is 19.2 Å². The van der Waals surface area contributed by atoms with Gasteiger partial charge in [-0.1, -0.05) is 18.2 Å². The third-order valence-electron chi connectivity index (χ3n) is 7.23. The van der Waals surface area contributed by atoms with Crippen LogP contribution in [0.2, 0.25) is 0 Å². The van der Waals surface area contributed by atoms with Gasteiger partial charge in [-0.15, -0.1) is 0 Å². The minimum Gasteiger partial charge on any atom is -0.491 e. The number of nitrogens with zero attached hydrogens (tertiary/aromatic N) is 4. The van der Waals surface area contributed by atoms with Gasteiger partial charge in [0.2, 0.25) is 0 Å². The predicted molar refractivity (Wildman–Crippen MR) is 161 cm³/mol. The molecule has 2 aliphatic heterocycles. The number of aromatic nitrogens is 2. The lowest BCUT2D eigenvalue weighted by atomic mass is 9.88. The Labute approximate surface area is 248 Å². The van der Waals surface area contributed by atoms with E-state index in [2.05, 4.69) is 50.3 Å². The largest absolute Gasteiger partial charge is 0.491 e. The molecule has 0 bridgehead atoms. The molecule has 1 amide bonds. The highest BCUT2D eigenvalue weighted by Crippen LogP contribution is 2.30. The van der Waals surface area contributed by atoms with Gasteiger partial charge in [0.1, 0.15) is 40.0 Å². The quantitative estimate of drug-likeness (QED) is 0.430. The van der Waals surface area contributed by atoms with Crippen LogP contribution in [-0.2, 0) is 9.47 Å². The SMILES string of the molecule is CN1CC(Nc2nc3ccccn3c(=O)c2Br)CC(c2ccc(OCC3CN(C(=O)OC(C)(C)C)CCO3)cc2)C1. The Bertz CT molecular complexity index is 1420. The van der Waals surface area contributed by atoms with Crippen LogP contribution in [0.3, 0.4) is 0 Å². The zero-order valence-electron chi connectivity index (χ0n) is 24.0. The molecule has 2 fully saturated rings. The molecule has 2 aliphatic rings. The lowest BCUT2D eigenvalue weighted by molar-refractivity contribution is -0.0557. The summed E-state index contributed by atoms with van der Waals surface area (Å²) in [6.45, 7) is 9.12. The standard InChI is InChI=1S/C30H38BrN5O5/c1-30(2,3)41-29(38)35-13-14-39-24(18-35)19-40-23-10-8-20(9-11-23)21-15-22(17-34(4)16-21)32-27-26(31)28(37)36-12-6-5-7-25(36)33-27/h5-12,21-22,24,32H,13-19H2,1-4H3. The van der Waals surface area contributed by atoms with Crippen LogP contribution in [0.4, 0.5) is 10.6 Å².